The Kier molecular flexibility index (Phi) is 6.80. The second-order valence-electron chi connectivity index (χ2n) is 5.98. The summed E-state index contributed by atoms with van der Waals surface area (Å²) in [5.41, 5.74) is 0.380. The molecular formula is C14H23ClN4O5S. The highest BCUT2D eigenvalue weighted by atomic mass is 35.5. The molecule has 0 aliphatic carbocycles. The predicted octanol–water partition coefficient (Wildman–Crippen LogP) is -0.553. The molecule has 0 unspecified atom stereocenters. The molecule has 2 aliphatic rings. The smallest absolute Gasteiger partial charge is 0.242 e. The fraction of sp³-hybridized carbons (Fsp3) is 0.714. The van der Waals surface area contributed by atoms with Crippen LogP contribution in [0.4, 0.5) is 0 Å². The zero-order valence-corrected chi connectivity index (χ0v) is 15.6. The van der Waals surface area contributed by atoms with Crippen LogP contribution in [0.3, 0.4) is 0 Å². The minimum atomic E-state index is -3.46. The van der Waals surface area contributed by atoms with Crippen LogP contribution < -0.4 is 5.32 Å². The van der Waals surface area contributed by atoms with E-state index >= 15 is 0 Å². The van der Waals surface area contributed by atoms with E-state index in [1.54, 1.807) is 4.90 Å². The van der Waals surface area contributed by atoms with Gasteiger partial charge < -0.3 is 19.5 Å². The number of morpholine rings is 1. The van der Waals surface area contributed by atoms with Crippen molar-refractivity contribution < 1.29 is 22.5 Å². The molecule has 0 aromatic carbocycles. The summed E-state index contributed by atoms with van der Waals surface area (Å²) in [5, 5.41) is 6.81. The third-order valence-electron chi connectivity index (χ3n) is 4.35. The van der Waals surface area contributed by atoms with Crippen molar-refractivity contribution in [1.82, 2.24) is 19.7 Å². The Bertz CT molecular complexity index is 661. The van der Waals surface area contributed by atoms with Gasteiger partial charge in [-0.3, -0.25) is 4.79 Å². The monoisotopic (exact) mass is 394 g/mol. The van der Waals surface area contributed by atoms with E-state index in [9.17, 15) is 13.2 Å². The zero-order valence-electron chi connectivity index (χ0n) is 14.0. The Morgan fingerprint density at radius 2 is 2.08 bits per heavy atom. The number of rotatable bonds is 4. The van der Waals surface area contributed by atoms with Crippen molar-refractivity contribution >= 4 is 28.3 Å². The van der Waals surface area contributed by atoms with Crippen LogP contribution in [0.5, 0.6) is 0 Å². The molecule has 9 nitrogen and oxygen atoms in total. The van der Waals surface area contributed by atoms with Gasteiger partial charge in [-0.25, -0.2) is 8.42 Å². The Hall–Kier alpha value is -1.20. The fourth-order valence-electron chi connectivity index (χ4n) is 2.98. The number of nitrogens with zero attached hydrogens (tertiary/aromatic N) is 3. The van der Waals surface area contributed by atoms with Crippen LogP contribution in [0.1, 0.15) is 12.6 Å². The summed E-state index contributed by atoms with van der Waals surface area (Å²) < 4.78 is 36.4. The van der Waals surface area contributed by atoms with Crippen molar-refractivity contribution in [1.29, 1.82) is 0 Å². The highest BCUT2D eigenvalue weighted by Crippen LogP contribution is 2.15. The van der Waals surface area contributed by atoms with Gasteiger partial charge in [0.1, 0.15) is 18.1 Å². The highest BCUT2D eigenvalue weighted by molar-refractivity contribution is 7.88. The van der Waals surface area contributed by atoms with Gasteiger partial charge in [0.05, 0.1) is 18.4 Å². The lowest BCUT2D eigenvalue weighted by Gasteiger charge is -2.38. The number of aromatic nitrogens is 1. The van der Waals surface area contributed by atoms with E-state index in [0.717, 1.165) is 0 Å². The molecule has 2 atom stereocenters. The number of carbonyl (C=O) groups excluding carboxylic acids is 1. The molecule has 0 bridgehead atoms. The molecule has 2 aliphatic heterocycles. The lowest BCUT2D eigenvalue weighted by Crippen LogP contribution is -2.60. The molecule has 11 heteroatoms. The summed E-state index contributed by atoms with van der Waals surface area (Å²) in [6.07, 6.45) is 1.17. The van der Waals surface area contributed by atoms with E-state index < -0.39 is 10.0 Å². The third-order valence-corrected chi connectivity index (χ3v) is 6.16. The maximum Gasteiger partial charge on any atom is 0.242 e. The number of sulfonamides is 1. The normalized spacial score (nSPS) is 25.4. The highest BCUT2D eigenvalue weighted by Gasteiger charge is 2.35. The molecule has 3 heterocycles. The summed E-state index contributed by atoms with van der Waals surface area (Å²) in [6, 6.07) is 1.17. The van der Waals surface area contributed by atoms with Crippen molar-refractivity contribution in [2.24, 2.45) is 0 Å². The van der Waals surface area contributed by atoms with E-state index in [1.807, 2.05) is 6.92 Å². The molecule has 2 saturated heterocycles. The number of halogens is 1. The first kappa shape index (κ1) is 20.1. The molecule has 1 N–H and O–H groups in total. The first-order chi connectivity index (χ1) is 11.5. The lowest BCUT2D eigenvalue weighted by molar-refractivity contribution is -0.140. The van der Waals surface area contributed by atoms with Gasteiger partial charge in [0, 0.05) is 38.8 Å². The molecular weight excluding hydrogens is 372 g/mol. The second kappa shape index (κ2) is 8.45. The Balaban J connectivity index is 0.00000225. The van der Waals surface area contributed by atoms with Crippen LogP contribution in [-0.4, -0.2) is 80.2 Å². The molecule has 2 fully saturated rings. The predicted molar refractivity (Wildman–Crippen MR) is 91.7 cm³/mol. The molecule has 1 amide bonds. The van der Waals surface area contributed by atoms with Crippen LogP contribution in [0.25, 0.3) is 0 Å². The minimum Gasteiger partial charge on any atom is -0.375 e. The molecule has 0 saturated carbocycles. The first-order valence-corrected chi connectivity index (χ1v) is 9.59. The van der Waals surface area contributed by atoms with Gasteiger partial charge in [0.2, 0.25) is 15.9 Å². The van der Waals surface area contributed by atoms with Gasteiger partial charge in [-0.2, -0.15) is 4.31 Å². The molecule has 3 rings (SSSR count). The Labute approximate surface area is 153 Å². The summed E-state index contributed by atoms with van der Waals surface area (Å²) in [6.45, 7) is 4.43. The SMILES string of the molecule is C[C@H]1OCCN[C@@H]1C(=O)N1CCN(S(=O)(=O)Cc2ccon2)CC1.Cl. The first-order valence-electron chi connectivity index (χ1n) is 7.98. The number of hydrogen-bond donors (Lipinski definition) is 1. The van der Waals surface area contributed by atoms with Crippen molar-refractivity contribution in [2.75, 3.05) is 39.3 Å². The fourth-order valence-corrected chi connectivity index (χ4v) is 4.41. The summed E-state index contributed by atoms with van der Waals surface area (Å²) in [4.78, 5) is 14.3. The standard InChI is InChI=1S/C14H22N4O5S.ClH/c1-11-13(15-3-9-22-11)14(19)17-4-6-18(7-5-17)24(20,21)10-12-2-8-23-16-12;/h2,8,11,13,15H,3-7,9-10H2,1H3;1H/t11-,13+;/m1./s1. The molecule has 0 radical (unpaired) electrons. The molecule has 1 aromatic rings. The molecule has 1 aromatic heterocycles. The van der Waals surface area contributed by atoms with E-state index in [0.29, 0.717) is 31.9 Å². The van der Waals surface area contributed by atoms with E-state index in [4.69, 9.17) is 4.74 Å². The van der Waals surface area contributed by atoms with Gasteiger partial charge >= 0.3 is 0 Å². The maximum absolute atomic E-state index is 12.6. The summed E-state index contributed by atoms with van der Waals surface area (Å²) >= 11 is 0. The zero-order chi connectivity index (χ0) is 17.2. The Morgan fingerprint density at radius 1 is 1.36 bits per heavy atom. The second-order valence-corrected chi connectivity index (χ2v) is 7.95. The van der Waals surface area contributed by atoms with E-state index in [-0.39, 0.29) is 49.3 Å². The van der Waals surface area contributed by atoms with Gasteiger partial charge in [-0.05, 0) is 6.92 Å². The van der Waals surface area contributed by atoms with Gasteiger partial charge in [0.25, 0.3) is 0 Å². The number of carbonyl (C=O) groups is 1. The van der Waals surface area contributed by atoms with E-state index in [1.165, 1.54) is 16.6 Å². The van der Waals surface area contributed by atoms with Gasteiger partial charge in [-0.1, -0.05) is 5.16 Å². The molecule has 142 valence electrons. The summed E-state index contributed by atoms with van der Waals surface area (Å²) in [5.74, 6) is -0.220. The number of hydrogen-bond acceptors (Lipinski definition) is 7. The number of amides is 1. The van der Waals surface area contributed by atoms with Crippen LogP contribution in [0, 0.1) is 0 Å². The van der Waals surface area contributed by atoms with Crippen LogP contribution >= 0.6 is 12.4 Å². The van der Waals surface area contributed by atoms with Gasteiger partial charge in [0.15, 0.2) is 0 Å². The third kappa shape index (κ3) is 4.70. The van der Waals surface area contributed by atoms with Crippen LogP contribution in [0.15, 0.2) is 16.9 Å². The molecule has 0 spiro atoms. The lowest BCUT2D eigenvalue weighted by atomic mass is 10.1. The number of nitrogens with one attached hydrogen (secondary N) is 1. The largest absolute Gasteiger partial charge is 0.375 e. The quantitative estimate of drug-likeness (QED) is 0.730. The summed E-state index contributed by atoms with van der Waals surface area (Å²) in [7, 11) is -3.46. The minimum absolute atomic E-state index is 0. The van der Waals surface area contributed by atoms with Crippen molar-refractivity contribution in [3.05, 3.63) is 18.0 Å². The number of ether oxygens (including phenoxy) is 1. The maximum atomic E-state index is 12.6. The van der Waals surface area contributed by atoms with Crippen molar-refractivity contribution in [3.63, 3.8) is 0 Å². The van der Waals surface area contributed by atoms with Gasteiger partial charge in [-0.15, -0.1) is 12.4 Å². The Morgan fingerprint density at radius 3 is 2.68 bits per heavy atom. The molecule has 25 heavy (non-hydrogen) atoms. The van der Waals surface area contributed by atoms with Crippen LogP contribution in [0.2, 0.25) is 0 Å². The topological polar surface area (TPSA) is 105 Å². The van der Waals surface area contributed by atoms with Crippen molar-refractivity contribution in [3.8, 4) is 0 Å². The average molecular weight is 395 g/mol. The average Bonchev–Trinajstić information content (AvgIpc) is 3.07. The number of piperazine rings is 1. The van der Waals surface area contributed by atoms with E-state index in [2.05, 4.69) is 15.0 Å². The van der Waals surface area contributed by atoms with Crippen molar-refractivity contribution in [2.45, 2.75) is 24.8 Å². The van der Waals surface area contributed by atoms with Crippen LogP contribution in [-0.2, 0) is 25.3 Å².